The molecule has 0 spiro atoms. The van der Waals surface area contributed by atoms with Gasteiger partial charge in [-0.2, -0.15) is 5.10 Å². The van der Waals surface area contributed by atoms with Crippen molar-refractivity contribution in [3.8, 4) is 27.6 Å². The second-order valence-corrected chi connectivity index (χ2v) is 20.6. The van der Waals surface area contributed by atoms with E-state index in [0.717, 1.165) is 53.8 Å². The van der Waals surface area contributed by atoms with Crippen LogP contribution in [0.5, 0.6) is 5.75 Å². The van der Waals surface area contributed by atoms with E-state index < -0.39 is 35.4 Å². The lowest BCUT2D eigenvalue weighted by atomic mass is 9.85. The first-order valence-corrected chi connectivity index (χ1v) is 26.0. The maximum absolute atomic E-state index is 14.0. The summed E-state index contributed by atoms with van der Waals surface area (Å²) in [6.07, 6.45) is 6.72. The third kappa shape index (κ3) is 14.5. The Morgan fingerprint density at radius 3 is 2.30 bits per heavy atom. The summed E-state index contributed by atoms with van der Waals surface area (Å²) in [4.78, 5) is 89.8. The summed E-state index contributed by atoms with van der Waals surface area (Å²) in [7, 11) is 2.99. The van der Waals surface area contributed by atoms with Gasteiger partial charge in [0.15, 0.2) is 23.1 Å². The molecule has 22 heteroatoms. The molecule has 2 aliphatic rings. The summed E-state index contributed by atoms with van der Waals surface area (Å²) in [6, 6.07) is 13.0. The molecule has 4 heterocycles. The standard InChI is InChI=1S/C52H67N13O8S/c1-31-45(74-30-57-31)33-19-17-32(18-20-33)27-55-49(70)39-25-35(66)28-65(39)51(72)46(52(2,3)4)60-42(68)16-11-9-7-8-10-15-41(67)54-23-24-64-29-56-47(63-64)36-13-12-14-37(44(36)73-6)58-38-26-40(59-48(69)34-21-22-34)61-62-43(38)50(71)53-5/h12-14,17-20,26,29-30,34-35,39,46,66H,7-11,15-16,21-25,27-28H2,1-6H3,(H,53,71)(H,54,67)(H,55,70)(H,60,68)(H2,58,59,61,69)/t35-,39+,46-/m1/s1. The Hall–Kier alpha value is -7.33. The molecule has 21 nitrogen and oxygen atoms in total. The molecule has 74 heavy (non-hydrogen) atoms. The molecule has 0 bridgehead atoms. The number of aromatic nitrogens is 6. The summed E-state index contributed by atoms with van der Waals surface area (Å²) in [5.41, 5.74) is 5.43. The van der Waals surface area contributed by atoms with Gasteiger partial charge in [-0.05, 0) is 61.3 Å². The van der Waals surface area contributed by atoms with E-state index in [9.17, 15) is 33.9 Å². The Labute approximate surface area is 434 Å². The minimum atomic E-state index is -0.903. The maximum atomic E-state index is 14.0. The Bertz CT molecular complexity index is 2790. The minimum Gasteiger partial charge on any atom is -0.494 e. The molecule has 1 aliphatic carbocycles. The molecule has 0 unspecified atom stereocenters. The van der Waals surface area contributed by atoms with Gasteiger partial charge in [0.2, 0.25) is 29.5 Å². The smallest absolute Gasteiger partial charge is 0.273 e. The highest BCUT2D eigenvalue weighted by atomic mass is 32.1. The largest absolute Gasteiger partial charge is 0.494 e. The van der Waals surface area contributed by atoms with Crippen LogP contribution in [0.3, 0.4) is 0 Å². The second-order valence-electron chi connectivity index (χ2n) is 19.7. The third-order valence-electron chi connectivity index (χ3n) is 12.9. The van der Waals surface area contributed by atoms with Gasteiger partial charge in [-0.15, -0.1) is 21.5 Å². The molecule has 1 saturated heterocycles. The zero-order valence-electron chi connectivity index (χ0n) is 42.8. The number of carbonyl (C=O) groups excluding carboxylic acids is 6. The molecule has 394 valence electrons. The van der Waals surface area contributed by atoms with E-state index in [1.165, 1.54) is 19.1 Å². The number of methoxy groups -OCH3 is 1. The lowest BCUT2D eigenvalue weighted by Gasteiger charge is -2.35. The summed E-state index contributed by atoms with van der Waals surface area (Å²) in [5.74, 6) is -0.795. The van der Waals surface area contributed by atoms with E-state index in [4.69, 9.17) is 4.74 Å². The number of carbonyl (C=O) groups is 6. The molecule has 7 N–H and O–H groups in total. The number of amides is 6. The van der Waals surface area contributed by atoms with Crippen molar-refractivity contribution in [2.24, 2.45) is 11.3 Å². The Morgan fingerprint density at radius 1 is 0.892 bits per heavy atom. The maximum Gasteiger partial charge on any atom is 0.273 e. The molecule has 3 aromatic heterocycles. The highest BCUT2D eigenvalue weighted by Gasteiger charge is 2.44. The highest BCUT2D eigenvalue weighted by molar-refractivity contribution is 7.13. The number of likely N-dealkylation sites (tertiary alicyclic amines) is 1. The van der Waals surface area contributed by atoms with E-state index in [1.54, 1.807) is 46.6 Å². The summed E-state index contributed by atoms with van der Waals surface area (Å²) < 4.78 is 7.41. The van der Waals surface area contributed by atoms with Crippen LogP contribution in [-0.2, 0) is 37.1 Å². The number of nitrogens with zero attached hydrogens (tertiary/aromatic N) is 7. The molecule has 3 atom stereocenters. The van der Waals surface area contributed by atoms with Gasteiger partial charge < -0.3 is 46.6 Å². The number of rotatable bonds is 24. The number of anilines is 3. The topological polar surface area (TPSA) is 277 Å². The predicted octanol–water partition coefficient (Wildman–Crippen LogP) is 5.28. The Balaban J connectivity index is 0.803. The first-order chi connectivity index (χ1) is 35.5. The van der Waals surface area contributed by atoms with Crippen LogP contribution in [0.15, 0.2) is 60.4 Å². The van der Waals surface area contributed by atoms with Crippen LogP contribution in [0.4, 0.5) is 17.2 Å². The second kappa shape index (κ2) is 25.1. The number of aliphatic hydroxyl groups excluding tert-OH is 1. The molecule has 2 aromatic carbocycles. The number of aliphatic hydroxyl groups is 1. The number of hydrogen-bond acceptors (Lipinski definition) is 15. The van der Waals surface area contributed by atoms with Gasteiger partial charge in [0.25, 0.3) is 5.91 Å². The van der Waals surface area contributed by atoms with Crippen LogP contribution < -0.4 is 36.6 Å². The van der Waals surface area contributed by atoms with E-state index in [2.05, 4.69) is 57.2 Å². The summed E-state index contributed by atoms with van der Waals surface area (Å²) >= 11 is 1.57. The monoisotopic (exact) mass is 1030 g/mol. The number of ether oxygens (including phenoxy) is 1. The van der Waals surface area contributed by atoms with E-state index in [0.29, 0.717) is 60.9 Å². The highest BCUT2D eigenvalue weighted by Crippen LogP contribution is 2.38. The van der Waals surface area contributed by atoms with Crippen molar-refractivity contribution < 1.29 is 38.6 Å². The Morgan fingerprint density at radius 2 is 1.62 bits per heavy atom. The van der Waals surface area contributed by atoms with Crippen molar-refractivity contribution in [3.63, 3.8) is 0 Å². The van der Waals surface area contributed by atoms with Crippen molar-refractivity contribution in [2.45, 2.75) is 123 Å². The number of thiazole rings is 1. The van der Waals surface area contributed by atoms with Gasteiger partial charge in [0, 0.05) is 57.9 Å². The average molecular weight is 1030 g/mol. The van der Waals surface area contributed by atoms with Crippen molar-refractivity contribution in [1.82, 2.24) is 56.1 Å². The third-order valence-corrected chi connectivity index (χ3v) is 13.9. The fourth-order valence-corrected chi connectivity index (χ4v) is 9.44. The van der Waals surface area contributed by atoms with Gasteiger partial charge in [0.1, 0.15) is 18.4 Å². The molecular weight excluding hydrogens is 967 g/mol. The minimum absolute atomic E-state index is 0.00153. The van der Waals surface area contributed by atoms with Crippen LogP contribution in [0, 0.1) is 18.3 Å². The SMILES string of the molecule is CNC(=O)c1nnc(NC(=O)C2CC2)cc1Nc1cccc(-c2ncn(CCNC(=O)CCCCCCCC(=O)N[C@H](C(=O)N3C[C@H](O)C[C@H]3C(=O)NCc3ccc(-c4scnc4C)cc3)C(C)(C)C)n2)c1OC. The van der Waals surface area contributed by atoms with Crippen LogP contribution in [0.25, 0.3) is 21.8 Å². The molecule has 5 aromatic rings. The number of β-amino-alcohol motifs (C(OH)–C–C–N with tert-alkyl or cyclic N) is 1. The quantitative estimate of drug-likeness (QED) is 0.0388. The first-order valence-electron chi connectivity index (χ1n) is 25.1. The van der Waals surface area contributed by atoms with Crippen LogP contribution >= 0.6 is 11.3 Å². The van der Waals surface area contributed by atoms with E-state index in [-0.39, 0.29) is 67.0 Å². The summed E-state index contributed by atoms with van der Waals surface area (Å²) in [5, 5.41) is 40.6. The Kier molecular flexibility index (Phi) is 18.4. The van der Waals surface area contributed by atoms with Crippen molar-refractivity contribution in [3.05, 3.63) is 77.3 Å². The molecule has 1 saturated carbocycles. The van der Waals surface area contributed by atoms with Gasteiger partial charge in [0.05, 0.1) is 52.8 Å². The fourth-order valence-electron chi connectivity index (χ4n) is 8.62. The van der Waals surface area contributed by atoms with Crippen molar-refractivity contribution >= 4 is 64.0 Å². The zero-order chi connectivity index (χ0) is 52.9. The van der Waals surface area contributed by atoms with Gasteiger partial charge >= 0.3 is 0 Å². The van der Waals surface area contributed by atoms with Crippen LogP contribution in [0.1, 0.15) is 107 Å². The van der Waals surface area contributed by atoms with Gasteiger partial charge in [-0.3, -0.25) is 33.4 Å². The number of aryl methyl sites for hydroxylation is 1. The number of hydrogen-bond donors (Lipinski definition) is 7. The first kappa shape index (κ1) is 54.4. The van der Waals surface area contributed by atoms with E-state index in [1.807, 2.05) is 57.5 Å². The van der Waals surface area contributed by atoms with Crippen LogP contribution in [-0.4, -0.2) is 121 Å². The van der Waals surface area contributed by atoms with Gasteiger partial charge in [-0.1, -0.05) is 70.4 Å². The van der Waals surface area contributed by atoms with Crippen molar-refractivity contribution in [2.75, 3.05) is 37.9 Å². The molecule has 0 radical (unpaired) electrons. The van der Waals surface area contributed by atoms with Crippen molar-refractivity contribution in [1.29, 1.82) is 0 Å². The molecule has 6 amide bonds. The molecule has 7 rings (SSSR count). The lowest BCUT2D eigenvalue weighted by molar-refractivity contribution is -0.144. The number of benzene rings is 2. The number of unbranched alkanes of at least 4 members (excludes halogenated alkanes) is 4. The molecular formula is C52H67N13O8S. The van der Waals surface area contributed by atoms with Crippen LogP contribution in [0.2, 0.25) is 0 Å². The molecule has 2 fully saturated rings. The normalized spacial score (nSPS) is 15.7. The average Bonchev–Trinajstić information content (AvgIpc) is 3.77. The fraction of sp³-hybridized carbons (Fsp3) is 0.481. The number of nitrogens with one attached hydrogen (secondary N) is 6. The zero-order valence-corrected chi connectivity index (χ0v) is 43.6. The van der Waals surface area contributed by atoms with E-state index >= 15 is 0 Å². The summed E-state index contributed by atoms with van der Waals surface area (Å²) in [6.45, 7) is 8.51. The molecule has 1 aliphatic heterocycles. The lowest BCUT2D eigenvalue weighted by Crippen LogP contribution is -2.57. The van der Waals surface area contributed by atoms with Gasteiger partial charge in [-0.25, -0.2) is 9.97 Å². The predicted molar refractivity (Wildman–Crippen MR) is 279 cm³/mol. The number of para-hydroxylation sites is 1.